The highest BCUT2D eigenvalue weighted by Gasteiger charge is 2.97. The van der Waals surface area contributed by atoms with E-state index in [1.807, 2.05) is 13.8 Å². The largest absolute Gasteiger partial charge is 0.481 e. The van der Waals surface area contributed by atoms with Gasteiger partial charge in [0.2, 0.25) is 0 Å². The summed E-state index contributed by atoms with van der Waals surface area (Å²) >= 11 is 0. The monoisotopic (exact) mass is 652 g/mol. The number of ether oxygens (including phenoxy) is 3. The number of carboxylic acid groups (broad SMARTS) is 2. The van der Waals surface area contributed by atoms with Crippen molar-refractivity contribution >= 4 is 11.9 Å². The molecular weight excluding hydrogens is 592 g/mol. The molecule has 2 N–H and O–H groups in total. The Morgan fingerprint density at radius 2 is 1.36 bits per heavy atom. The third-order valence-electron chi connectivity index (χ3n) is 18.5. The normalized spacial score (nSPS) is 61.3. The maximum Gasteiger partial charge on any atom is 0.309 e. The van der Waals surface area contributed by atoms with E-state index in [9.17, 15) is 19.8 Å². The van der Waals surface area contributed by atoms with Crippen LogP contribution in [-0.2, 0) is 23.8 Å². The molecule has 9 aliphatic rings. The van der Waals surface area contributed by atoms with Gasteiger partial charge in [-0.1, -0.05) is 54.4 Å². The molecular formula is C40H60O7. The summed E-state index contributed by atoms with van der Waals surface area (Å²) in [5, 5.41) is 21.8. The summed E-state index contributed by atoms with van der Waals surface area (Å²) in [6, 6.07) is 0. The number of fused-ring (bicyclic) bond motifs is 4. The van der Waals surface area contributed by atoms with Crippen LogP contribution in [-0.4, -0.2) is 56.3 Å². The molecule has 15 atom stereocenters. The van der Waals surface area contributed by atoms with E-state index in [0.29, 0.717) is 30.6 Å². The van der Waals surface area contributed by atoms with Crippen LogP contribution in [0.1, 0.15) is 139 Å². The van der Waals surface area contributed by atoms with Crippen molar-refractivity contribution < 1.29 is 34.0 Å². The maximum atomic E-state index is 13.3. The van der Waals surface area contributed by atoms with Gasteiger partial charge in [0, 0.05) is 11.3 Å². The van der Waals surface area contributed by atoms with Gasteiger partial charge in [0.25, 0.3) is 0 Å². The average molecular weight is 653 g/mol. The lowest BCUT2D eigenvalue weighted by Crippen LogP contribution is -2.69. The summed E-state index contributed by atoms with van der Waals surface area (Å²) in [6.45, 7) is 18.2. The second kappa shape index (κ2) is 8.81. The first-order valence-corrected chi connectivity index (χ1v) is 19.5. The Morgan fingerprint density at radius 1 is 0.702 bits per heavy atom. The summed E-state index contributed by atoms with van der Waals surface area (Å²) < 4.78 is 22.2. The molecule has 6 saturated carbocycles. The molecule has 6 aliphatic carbocycles. The first-order chi connectivity index (χ1) is 21.9. The van der Waals surface area contributed by atoms with Crippen LogP contribution in [0.2, 0.25) is 0 Å². The number of carbonyl (C=O) groups is 2. The van der Waals surface area contributed by atoms with E-state index in [0.717, 1.165) is 70.6 Å². The molecule has 3 saturated heterocycles. The van der Waals surface area contributed by atoms with Crippen LogP contribution < -0.4 is 0 Å². The lowest BCUT2D eigenvalue weighted by molar-refractivity contribution is -0.178. The van der Waals surface area contributed by atoms with Gasteiger partial charge in [-0.15, -0.1) is 0 Å². The number of rotatable bonds is 5. The van der Waals surface area contributed by atoms with E-state index >= 15 is 0 Å². The molecule has 9 rings (SSSR count). The number of hydrogen-bond donors (Lipinski definition) is 2. The minimum Gasteiger partial charge on any atom is -0.481 e. The highest BCUT2D eigenvalue weighted by Crippen LogP contribution is 2.88. The zero-order valence-electron chi connectivity index (χ0n) is 30.2. The fraction of sp³-hybridized carbons (Fsp3) is 0.950. The Morgan fingerprint density at radius 3 is 2.00 bits per heavy atom. The molecule has 0 aromatic rings. The third kappa shape index (κ3) is 3.18. The fourth-order valence-electron chi connectivity index (χ4n) is 15.8. The van der Waals surface area contributed by atoms with Crippen LogP contribution in [0.3, 0.4) is 0 Å². The molecule has 0 aromatic heterocycles. The molecule has 262 valence electrons. The highest BCUT2D eigenvalue weighted by atomic mass is 16.7. The first-order valence-electron chi connectivity index (χ1n) is 19.5. The Bertz CT molecular complexity index is 1440. The summed E-state index contributed by atoms with van der Waals surface area (Å²) in [6.07, 6.45) is 12.0. The van der Waals surface area contributed by atoms with Gasteiger partial charge in [-0.05, 0) is 125 Å². The Hall–Kier alpha value is -1.18. The van der Waals surface area contributed by atoms with Crippen LogP contribution in [0.5, 0.6) is 0 Å². The maximum absolute atomic E-state index is 13.3. The summed E-state index contributed by atoms with van der Waals surface area (Å²) in [4.78, 5) is 26.6. The predicted octanol–water partition coefficient (Wildman–Crippen LogP) is 7.88. The van der Waals surface area contributed by atoms with Gasteiger partial charge in [-0.3, -0.25) is 9.59 Å². The van der Waals surface area contributed by atoms with E-state index in [2.05, 4.69) is 41.5 Å². The van der Waals surface area contributed by atoms with Gasteiger partial charge in [0.1, 0.15) is 34.1 Å². The summed E-state index contributed by atoms with van der Waals surface area (Å²) in [5.74, 6) is 0.379. The van der Waals surface area contributed by atoms with Gasteiger partial charge < -0.3 is 24.4 Å². The van der Waals surface area contributed by atoms with Crippen LogP contribution in [0.25, 0.3) is 0 Å². The van der Waals surface area contributed by atoms with Crippen molar-refractivity contribution in [3.05, 3.63) is 0 Å². The number of hydrogen-bond acceptors (Lipinski definition) is 5. The predicted molar refractivity (Wildman–Crippen MR) is 176 cm³/mol. The smallest absolute Gasteiger partial charge is 0.309 e. The highest BCUT2D eigenvalue weighted by molar-refractivity contribution is 5.76. The standard InChI is InChI=1S/C40H60O7/c1-22(2)24-11-18-39-35(8)16-10-15-33(6,30(41)42)26(35)19-27(37(39,20-24)46-39)38-21-28-32(5,13-9-14-34(28,7)31(43)44)25-12-17-36(23(3)4)29(45-36)40(25,38)47-38/h22-29H,9-21H2,1-8H3,(H,41,42)(H,43,44)/t24?,25?,26?,27?,28?,29?,32-,33-,34-,35+,36?,37?,38?,39?,40?/m1/s1. The topological polar surface area (TPSA) is 112 Å². The van der Waals surface area contributed by atoms with Crippen molar-refractivity contribution in [1.82, 2.24) is 0 Å². The minimum absolute atomic E-state index is 0.00765. The first kappa shape index (κ1) is 31.8. The molecule has 0 aromatic carbocycles. The molecule has 7 nitrogen and oxygen atoms in total. The molecule has 1 spiro atoms. The van der Waals surface area contributed by atoms with Gasteiger partial charge in [0.05, 0.1) is 10.8 Å². The molecule has 3 heterocycles. The van der Waals surface area contributed by atoms with Gasteiger partial charge >= 0.3 is 11.9 Å². The van der Waals surface area contributed by atoms with Crippen molar-refractivity contribution in [1.29, 1.82) is 0 Å². The quantitative estimate of drug-likeness (QED) is 0.291. The van der Waals surface area contributed by atoms with Crippen LogP contribution in [0.4, 0.5) is 0 Å². The molecule has 7 heteroatoms. The molecule has 47 heavy (non-hydrogen) atoms. The summed E-state index contributed by atoms with van der Waals surface area (Å²) in [5.41, 5.74) is -3.88. The fourth-order valence-corrected chi connectivity index (χ4v) is 15.8. The second-order valence-electron chi connectivity index (χ2n) is 20.2. The molecule has 0 bridgehead atoms. The zero-order chi connectivity index (χ0) is 33.6. The number of aliphatic carboxylic acids is 2. The molecule has 3 aliphatic heterocycles. The number of carboxylic acids is 2. The van der Waals surface area contributed by atoms with E-state index in [1.54, 1.807) is 0 Å². The lowest BCUT2D eigenvalue weighted by atomic mass is 9.36. The Labute approximate surface area is 281 Å². The average Bonchev–Trinajstić information content (AvgIpc) is 3.91. The molecule has 0 amide bonds. The third-order valence-corrected chi connectivity index (χ3v) is 18.5. The lowest BCUT2D eigenvalue weighted by Gasteiger charge is -2.63. The van der Waals surface area contributed by atoms with E-state index in [-0.39, 0.29) is 57.4 Å². The molecule has 11 unspecified atom stereocenters. The van der Waals surface area contributed by atoms with Gasteiger partial charge in [0.15, 0.2) is 0 Å². The Balaban J connectivity index is 1.25. The van der Waals surface area contributed by atoms with Gasteiger partial charge in [-0.2, -0.15) is 0 Å². The van der Waals surface area contributed by atoms with E-state index < -0.39 is 34.0 Å². The van der Waals surface area contributed by atoms with Crippen molar-refractivity contribution in [2.75, 3.05) is 0 Å². The van der Waals surface area contributed by atoms with Crippen molar-refractivity contribution in [2.24, 2.45) is 63.1 Å². The molecule has 9 fully saturated rings. The van der Waals surface area contributed by atoms with Crippen molar-refractivity contribution in [2.45, 2.75) is 173 Å². The molecule has 0 radical (unpaired) electrons. The number of epoxide rings is 3. The second-order valence-corrected chi connectivity index (χ2v) is 20.2. The Kier molecular flexibility index (Phi) is 5.96. The van der Waals surface area contributed by atoms with Crippen molar-refractivity contribution in [3.63, 3.8) is 0 Å². The van der Waals surface area contributed by atoms with Crippen LogP contribution in [0, 0.1) is 63.1 Å². The SMILES string of the molecule is CC(C)C1CCC23OC2(C1)C(C12CC4[C@](C)(CCC[C@@]4(C)C(=O)O)C4CCC5(C(C)C)OC5C41O2)CC1[C@](C)(C(=O)O)CCC[C@@]13C. The van der Waals surface area contributed by atoms with Crippen LogP contribution >= 0.6 is 0 Å². The van der Waals surface area contributed by atoms with Gasteiger partial charge in [-0.25, -0.2) is 0 Å². The van der Waals surface area contributed by atoms with Crippen LogP contribution in [0.15, 0.2) is 0 Å². The minimum atomic E-state index is -0.820. The van der Waals surface area contributed by atoms with E-state index in [4.69, 9.17) is 14.2 Å². The van der Waals surface area contributed by atoms with Crippen molar-refractivity contribution in [3.8, 4) is 0 Å². The summed E-state index contributed by atoms with van der Waals surface area (Å²) in [7, 11) is 0. The zero-order valence-corrected chi connectivity index (χ0v) is 30.2. The van der Waals surface area contributed by atoms with E-state index in [1.165, 1.54) is 0 Å².